The minimum Gasteiger partial charge on any atom is -0.492 e. The highest BCUT2D eigenvalue weighted by Crippen LogP contribution is 2.27. The van der Waals surface area contributed by atoms with E-state index in [2.05, 4.69) is 4.90 Å². The van der Waals surface area contributed by atoms with Crippen LogP contribution >= 0.6 is 0 Å². The van der Waals surface area contributed by atoms with Gasteiger partial charge in [-0.3, -0.25) is 0 Å². The molecule has 0 N–H and O–H groups in total. The van der Waals surface area contributed by atoms with Gasteiger partial charge in [0, 0.05) is 30.8 Å². The summed E-state index contributed by atoms with van der Waals surface area (Å²) in [4.78, 5) is 2.41. The van der Waals surface area contributed by atoms with E-state index in [0.29, 0.717) is 19.0 Å². The molecule has 2 aromatic rings. The lowest BCUT2D eigenvalue weighted by molar-refractivity contribution is 0.0992. The number of hydrogen-bond donors (Lipinski definition) is 0. The van der Waals surface area contributed by atoms with Gasteiger partial charge >= 0.3 is 0 Å². The monoisotopic (exact) mass is 448 g/mol. The van der Waals surface area contributed by atoms with Crippen LogP contribution in [0.4, 0.5) is 4.39 Å². The molecule has 0 amide bonds. The molecular formula is C23H29FN2O4S. The minimum atomic E-state index is -3.69. The van der Waals surface area contributed by atoms with E-state index in [-0.39, 0.29) is 31.0 Å². The smallest absolute Gasteiger partial charge is 0.218 e. The number of likely N-dealkylation sites (tertiary alicyclic amines) is 1. The Balaban J connectivity index is 1.39. The molecule has 2 aromatic carbocycles. The summed E-state index contributed by atoms with van der Waals surface area (Å²) in [6, 6.07) is 11.8. The van der Waals surface area contributed by atoms with Crippen LogP contribution in [0.5, 0.6) is 5.75 Å². The Morgan fingerprint density at radius 2 is 1.87 bits per heavy atom. The van der Waals surface area contributed by atoms with Crippen LogP contribution in [0.1, 0.15) is 29.5 Å². The van der Waals surface area contributed by atoms with Crippen LogP contribution in [0, 0.1) is 5.82 Å². The molecule has 0 spiro atoms. The van der Waals surface area contributed by atoms with Gasteiger partial charge in [0.05, 0.1) is 19.0 Å². The molecule has 1 fully saturated rings. The van der Waals surface area contributed by atoms with Crippen LogP contribution in [0.25, 0.3) is 0 Å². The fourth-order valence-electron chi connectivity index (χ4n) is 4.04. The highest BCUT2D eigenvalue weighted by atomic mass is 32.2. The van der Waals surface area contributed by atoms with Crippen molar-refractivity contribution in [2.24, 2.45) is 0 Å². The van der Waals surface area contributed by atoms with Gasteiger partial charge in [-0.2, -0.15) is 4.31 Å². The first-order chi connectivity index (χ1) is 15.0. The summed E-state index contributed by atoms with van der Waals surface area (Å²) in [7, 11) is -3.69. The third-order valence-electron chi connectivity index (χ3n) is 5.78. The van der Waals surface area contributed by atoms with Gasteiger partial charge in [-0.1, -0.05) is 24.3 Å². The second kappa shape index (κ2) is 10.1. The molecule has 0 bridgehead atoms. The highest BCUT2D eigenvalue weighted by molar-refractivity contribution is 7.88. The predicted octanol–water partition coefficient (Wildman–Crippen LogP) is 3.16. The Morgan fingerprint density at radius 1 is 1.06 bits per heavy atom. The number of benzene rings is 2. The molecule has 4 rings (SSSR count). The fourth-order valence-corrected chi connectivity index (χ4v) is 5.54. The molecule has 0 unspecified atom stereocenters. The van der Waals surface area contributed by atoms with Crippen molar-refractivity contribution in [2.75, 3.05) is 39.4 Å². The zero-order chi connectivity index (χ0) is 21.7. The lowest BCUT2D eigenvalue weighted by Gasteiger charge is -2.20. The first-order valence-electron chi connectivity index (χ1n) is 10.8. The maximum absolute atomic E-state index is 14.0. The van der Waals surface area contributed by atoms with Crippen LogP contribution in [0.15, 0.2) is 42.5 Å². The van der Waals surface area contributed by atoms with E-state index < -0.39 is 15.8 Å². The van der Waals surface area contributed by atoms with Gasteiger partial charge in [-0.25, -0.2) is 12.8 Å². The van der Waals surface area contributed by atoms with E-state index in [1.807, 2.05) is 18.2 Å². The minimum absolute atomic E-state index is 0.174. The zero-order valence-electron chi connectivity index (χ0n) is 17.6. The molecular weight excluding hydrogens is 419 g/mol. The molecule has 1 saturated heterocycles. The number of halogens is 1. The Hall–Kier alpha value is -2.00. The van der Waals surface area contributed by atoms with Gasteiger partial charge in [0.2, 0.25) is 10.0 Å². The molecule has 2 aliphatic rings. The van der Waals surface area contributed by atoms with Crippen molar-refractivity contribution in [1.29, 1.82) is 0 Å². The number of ether oxygens (including phenoxy) is 2. The van der Waals surface area contributed by atoms with Crippen molar-refractivity contribution in [3.05, 3.63) is 65.0 Å². The Kier molecular flexibility index (Phi) is 7.22. The second-order valence-electron chi connectivity index (χ2n) is 8.07. The van der Waals surface area contributed by atoms with Crippen molar-refractivity contribution < 1.29 is 22.3 Å². The molecule has 8 heteroatoms. The maximum Gasteiger partial charge on any atom is 0.218 e. The molecule has 0 radical (unpaired) electrons. The van der Waals surface area contributed by atoms with Crippen molar-refractivity contribution in [1.82, 2.24) is 9.21 Å². The molecule has 2 aliphatic heterocycles. The van der Waals surface area contributed by atoms with Gasteiger partial charge in [0.25, 0.3) is 0 Å². The molecule has 0 aromatic heterocycles. The summed E-state index contributed by atoms with van der Waals surface area (Å²) in [5.41, 5.74) is 1.96. The number of nitrogens with zero attached hydrogens (tertiary/aromatic N) is 2. The van der Waals surface area contributed by atoms with E-state index >= 15 is 0 Å². The van der Waals surface area contributed by atoms with Crippen LogP contribution in [-0.4, -0.2) is 57.0 Å². The molecule has 0 saturated carbocycles. The normalized spacial score (nSPS) is 17.8. The lowest BCUT2D eigenvalue weighted by Crippen LogP contribution is -2.33. The molecule has 31 heavy (non-hydrogen) atoms. The third kappa shape index (κ3) is 5.83. The van der Waals surface area contributed by atoms with Crippen molar-refractivity contribution in [2.45, 2.75) is 31.7 Å². The average Bonchev–Trinajstić information content (AvgIpc) is 3.17. The van der Waals surface area contributed by atoms with Crippen LogP contribution in [0.3, 0.4) is 0 Å². The molecule has 6 nitrogen and oxygen atoms in total. The van der Waals surface area contributed by atoms with E-state index in [0.717, 1.165) is 30.8 Å². The molecule has 0 aliphatic carbocycles. The summed E-state index contributed by atoms with van der Waals surface area (Å²) in [5.74, 6) is -0.191. The van der Waals surface area contributed by atoms with Crippen molar-refractivity contribution in [3.63, 3.8) is 0 Å². The summed E-state index contributed by atoms with van der Waals surface area (Å²) < 4.78 is 52.9. The van der Waals surface area contributed by atoms with E-state index in [1.165, 1.54) is 29.3 Å². The van der Waals surface area contributed by atoms with Gasteiger partial charge in [-0.05, 0) is 49.7 Å². The topological polar surface area (TPSA) is 59.1 Å². The molecule has 0 atom stereocenters. The fraction of sp³-hybridized carbons (Fsp3) is 0.478. The number of fused-ring (bicyclic) bond motifs is 1. The first-order valence-corrected chi connectivity index (χ1v) is 12.4. The summed E-state index contributed by atoms with van der Waals surface area (Å²) >= 11 is 0. The second-order valence-corrected chi connectivity index (χ2v) is 10.0. The predicted molar refractivity (Wildman–Crippen MR) is 117 cm³/mol. The third-order valence-corrected chi connectivity index (χ3v) is 7.55. The Labute approximate surface area is 183 Å². The van der Waals surface area contributed by atoms with Crippen LogP contribution < -0.4 is 4.74 Å². The number of rotatable bonds is 8. The van der Waals surface area contributed by atoms with Gasteiger partial charge < -0.3 is 14.4 Å². The SMILES string of the molecule is O=S(=O)(Cc1ccccc1F)N1CCOc2ccc(COCCN3CCCC3)cc2C1. The van der Waals surface area contributed by atoms with E-state index in [4.69, 9.17) is 9.47 Å². The average molecular weight is 449 g/mol. The number of sulfonamides is 1. The van der Waals surface area contributed by atoms with Crippen molar-refractivity contribution >= 4 is 10.0 Å². The summed E-state index contributed by atoms with van der Waals surface area (Å²) in [5, 5.41) is 0. The molecule has 168 valence electrons. The maximum atomic E-state index is 14.0. The Bertz CT molecular complexity index is 993. The first kappa shape index (κ1) is 22.2. The van der Waals surface area contributed by atoms with Crippen LogP contribution in [0.2, 0.25) is 0 Å². The zero-order valence-corrected chi connectivity index (χ0v) is 18.4. The number of hydrogen-bond acceptors (Lipinski definition) is 5. The lowest BCUT2D eigenvalue weighted by atomic mass is 10.1. The quantitative estimate of drug-likeness (QED) is 0.581. The van der Waals surface area contributed by atoms with Gasteiger partial charge in [0.1, 0.15) is 18.2 Å². The van der Waals surface area contributed by atoms with Gasteiger partial charge in [-0.15, -0.1) is 0 Å². The van der Waals surface area contributed by atoms with Crippen LogP contribution in [-0.2, 0) is 33.7 Å². The van der Waals surface area contributed by atoms with Gasteiger partial charge in [0.15, 0.2) is 0 Å². The van der Waals surface area contributed by atoms with Crippen molar-refractivity contribution in [3.8, 4) is 5.75 Å². The Morgan fingerprint density at radius 3 is 2.68 bits per heavy atom. The highest BCUT2D eigenvalue weighted by Gasteiger charge is 2.27. The van der Waals surface area contributed by atoms with E-state index in [1.54, 1.807) is 12.1 Å². The molecule has 2 heterocycles. The van der Waals surface area contributed by atoms with E-state index in [9.17, 15) is 12.8 Å². The standard InChI is InChI=1S/C23H29FN2O4S/c24-22-6-2-1-5-20(22)18-31(27,28)26-12-14-30-23-8-7-19(15-21(23)16-26)17-29-13-11-25-9-3-4-10-25/h1-2,5-8,15H,3-4,9-14,16-18H2. The summed E-state index contributed by atoms with van der Waals surface area (Å²) in [6.07, 6.45) is 2.53. The summed E-state index contributed by atoms with van der Waals surface area (Å²) in [6.45, 7) is 5.08. The largest absolute Gasteiger partial charge is 0.492 e.